The third kappa shape index (κ3) is 3.56. The van der Waals surface area contributed by atoms with Gasteiger partial charge in [0, 0.05) is 16.2 Å². The van der Waals surface area contributed by atoms with E-state index in [1.165, 1.54) is 5.56 Å². The Labute approximate surface area is 158 Å². The lowest BCUT2D eigenvalue weighted by atomic mass is 10.1. The summed E-state index contributed by atoms with van der Waals surface area (Å²) in [5.74, 6) is 2.38. The highest BCUT2D eigenvalue weighted by atomic mass is 32.1. The van der Waals surface area contributed by atoms with E-state index in [-0.39, 0.29) is 0 Å². The minimum Gasteiger partial charge on any atom is -0.461 e. The van der Waals surface area contributed by atoms with Gasteiger partial charge >= 0.3 is 0 Å². The quantitative estimate of drug-likeness (QED) is 0.452. The van der Waals surface area contributed by atoms with Crippen LogP contribution < -0.4 is 0 Å². The summed E-state index contributed by atoms with van der Waals surface area (Å²) in [7, 11) is 0. The molecular formula is C22H21NO2S. The van der Waals surface area contributed by atoms with Gasteiger partial charge in [-0.2, -0.15) is 12.6 Å². The molecule has 0 aliphatic heterocycles. The summed E-state index contributed by atoms with van der Waals surface area (Å²) >= 11 is 4.48. The molecule has 2 aromatic heterocycles. The summed E-state index contributed by atoms with van der Waals surface area (Å²) in [5.41, 5.74) is 4.07. The number of aromatic nitrogens is 1. The van der Waals surface area contributed by atoms with Crippen molar-refractivity contribution in [2.45, 2.75) is 31.9 Å². The van der Waals surface area contributed by atoms with E-state index >= 15 is 0 Å². The number of rotatable bonds is 5. The molecule has 0 radical (unpaired) electrons. The number of hydrogen-bond donors (Lipinski definition) is 1. The first-order chi connectivity index (χ1) is 12.6. The molecule has 4 rings (SSSR count). The van der Waals surface area contributed by atoms with Gasteiger partial charge in [-0.25, -0.2) is 4.98 Å². The van der Waals surface area contributed by atoms with Gasteiger partial charge in [-0.1, -0.05) is 31.2 Å². The molecule has 2 heterocycles. The predicted molar refractivity (Wildman–Crippen MR) is 108 cm³/mol. The molecule has 26 heavy (non-hydrogen) atoms. The largest absolute Gasteiger partial charge is 0.461 e. The molecule has 1 unspecified atom stereocenters. The van der Waals surface area contributed by atoms with Gasteiger partial charge in [-0.3, -0.25) is 0 Å². The zero-order valence-electron chi connectivity index (χ0n) is 14.9. The molecule has 0 N–H and O–H groups in total. The highest BCUT2D eigenvalue weighted by Gasteiger charge is 2.14. The summed E-state index contributed by atoms with van der Waals surface area (Å²) in [4.78, 5) is 4.67. The summed E-state index contributed by atoms with van der Waals surface area (Å²) in [6.07, 6.45) is 1.57. The Morgan fingerprint density at radius 2 is 1.85 bits per heavy atom. The molecule has 1 atom stereocenters. The third-order valence-electron chi connectivity index (χ3n) is 4.42. The highest BCUT2D eigenvalue weighted by Crippen LogP contribution is 2.26. The number of oxazole rings is 1. The Hall–Kier alpha value is -2.46. The maximum absolute atomic E-state index is 6.00. The summed E-state index contributed by atoms with van der Waals surface area (Å²) in [6.45, 7) is 4.05. The SMILES string of the molecule is Cc1oc(-c2ccccc2)nc1Cc1cc2cc(CC(C)S)ccc2o1. The van der Waals surface area contributed by atoms with Crippen molar-refractivity contribution in [3.63, 3.8) is 0 Å². The maximum Gasteiger partial charge on any atom is 0.226 e. The molecular weight excluding hydrogens is 342 g/mol. The van der Waals surface area contributed by atoms with Crippen LogP contribution in [0.4, 0.5) is 0 Å². The highest BCUT2D eigenvalue weighted by molar-refractivity contribution is 7.80. The molecule has 3 nitrogen and oxygen atoms in total. The van der Waals surface area contributed by atoms with Crippen LogP contribution in [0, 0.1) is 6.92 Å². The van der Waals surface area contributed by atoms with Gasteiger partial charge in [0.05, 0.1) is 12.1 Å². The van der Waals surface area contributed by atoms with Crippen molar-refractivity contribution in [3.05, 3.63) is 77.4 Å². The van der Waals surface area contributed by atoms with Crippen LogP contribution in [0.1, 0.15) is 29.7 Å². The zero-order chi connectivity index (χ0) is 18.1. The first kappa shape index (κ1) is 17.0. The number of furan rings is 1. The Morgan fingerprint density at radius 1 is 1.04 bits per heavy atom. The van der Waals surface area contributed by atoms with E-state index in [1.807, 2.05) is 43.3 Å². The average Bonchev–Trinajstić information content (AvgIpc) is 3.18. The van der Waals surface area contributed by atoms with Crippen molar-refractivity contribution in [2.24, 2.45) is 0 Å². The Balaban J connectivity index is 1.60. The first-order valence-corrected chi connectivity index (χ1v) is 9.31. The fourth-order valence-corrected chi connectivity index (χ4v) is 3.38. The molecule has 0 spiro atoms. The number of thiol groups is 1. The number of fused-ring (bicyclic) bond motifs is 1. The van der Waals surface area contributed by atoms with Crippen LogP contribution in [0.15, 0.2) is 63.4 Å². The second kappa shape index (κ2) is 7.04. The monoisotopic (exact) mass is 363 g/mol. The molecule has 2 aromatic carbocycles. The molecule has 0 amide bonds. The minimum atomic E-state index is 0.341. The summed E-state index contributed by atoms with van der Waals surface area (Å²) in [5, 5.41) is 1.46. The molecule has 132 valence electrons. The van der Waals surface area contributed by atoms with Crippen LogP contribution in [0.3, 0.4) is 0 Å². The molecule has 0 aliphatic carbocycles. The number of benzene rings is 2. The lowest BCUT2D eigenvalue weighted by Gasteiger charge is -2.03. The van der Waals surface area contributed by atoms with Gasteiger partial charge in [0.2, 0.25) is 5.89 Å². The maximum atomic E-state index is 6.00. The molecule has 4 aromatic rings. The van der Waals surface area contributed by atoms with Crippen molar-refractivity contribution in [1.82, 2.24) is 4.98 Å². The normalized spacial score (nSPS) is 12.6. The van der Waals surface area contributed by atoms with Crippen LogP contribution >= 0.6 is 12.6 Å². The number of aryl methyl sites for hydroxylation is 1. The van der Waals surface area contributed by atoms with Crippen molar-refractivity contribution in [2.75, 3.05) is 0 Å². The van der Waals surface area contributed by atoms with Gasteiger partial charge in [-0.15, -0.1) is 0 Å². The molecule has 4 heteroatoms. The van der Waals surface area contributed by atoms with Gasteiger partial charge < -0.3 is 8.83 Å². The Kier molecular flexibility index (Phi) is 4.60. The molecule has 0 aliphatic rings. The van der Waals surface area contributed by atoms with Crippen molar-refractivity contribution in [1.29, 1.82) is 0 Å². The predicted octanol–water partition coefficient (Wildman–Crippen LogP) is 5.85. The third-order valence-corrected chi connectivity index (χ3v) is 4.60. The van der Waals surface area contributed by atoms with E-state index in [9.17, 15) is 0 Å². The van der Waals surface area contributed by atoms with Crippen LogP contribution in [-0.2, 0) is 12.8 Å². The molecule has 0 saturated heterocycles. The minimum absolute atomic E-state index is 0.341. The Bertz CT molecular complexity index is 1030. The number of hydrogen-bond acceptors (Lipinski definition) is 4. The van der Waals surface area contributed by atoms with Gasteiger partial charge in [0.25, 0.3) is 0 Å². The van der Waals surface area contributed by atoms with Crippen molar-refractivity contribution < 1.29 is 8.83 Å². The van der Waals surface area contributed by atoms with Gasteiger partial charge in [0.1, 0.15) is 17.1 Å². The van der Waals surface area contributed by atoms with Gasteiger partial charge in [-0.05, 0) is 49.2 Å². The van der Waals surface area contributed by atoms with Crippen LogP contribution in [0.25, 0.3) is 22.4 Å². The second-order valence-corrected chi connectivity index (χ2v) is 7.58. The topological polar surface area (TPSA) is 39.2 Å². The molecule has 0 fully saturated rings. The van der Waals surface area contributed by atoms with Gasteiger partial charge in [0.15, 0.2) is 0 Å². The second-order valence-electron chi connectivity index (χ2n) is 6.70. The van der Waals surface area contributed by atoms with Crippen LogP contribution in [0.2, 0.25) is 0 Å². The van der Waals surface area contributed by atoms with Crippen LogP contribution in [-0.4, -0.2) is 10.2 Å². The fourth-order valence-electron chi connectivity index (χ4n) is 3.16. The number of nitrogens with zero attached hydrogens (tertiary/aromatic N) is 1. The lowest BCUT2D eigenvalue weighted by Crippen LogP contribution is -1.96. The van der Waals surface area contributed by atoms with Crippen molar-refractivity contribution >= 4 is 23.6 Å². The standard InChI is InChI=1S/C22H21NO2S/c1-14(26)10-16-8-9-21-18(11-16)12-19(25-21)13-20-15(2)24-22(23-20)17-6-4-3-5-7-17/h3-9,11-12,14,26H,10,13H2,1-2H3. The first-order valence-electron chi connectivity index (χ1n) is 8.79. The van der Waals surface area contributed by atoms with Crippen LogP contribution in [0.5, 0.6) is 0 Å². The summed E-state index contributed by atoms with van der Waals surface area (Å²) < 4.78 is 11.8. The Morgan fingerprint density at radius 3 is 2.62 bits per heavy atom. The summed E-state index contributed by atoms with van der Waals surface area (Å²) in [6, 6.07) is 18.4. The molecule has 0 saturated carbocycles. The van der Waals surface area contributed by atoms with E-state index < -0.39 is 0 Å². The van der Waals surface area contributed by atoms with E-state index in [4.69, 9.17) is 8.83 Å². The fraction of sp³-hybridized carbons (Fsp3) is 0.227. The average molecular weight is 363 g/mol. The zero-order valence-corrected chi connectivity index (χ0v) is 15.8. The van der Waals surface area contributed by atoms with E-state index in [0.29, 0.717) is 17.6 Å². The van der Waals surface area contributed by atoms with E-state index in [2.05, 4.69) is 42.7 Å². The smallest absolute Gasteiger partial charge is 0.226 e. The molecule has 0 bridgehead atoms. The van der Waals surface area contributed by atoms with E-state index in [1.54, 1.807) is 0 Å². The van der Waals surface area contributed by atoms with Crippen molar-refractivity contribution in [3.8, 4) is 11.5 Å². The van der Waals surface area contributed by atoms with E-state index in [0.717, 1.165) is 40.2 Å². The lowest BCUT2D eigenvalue weighted by molar-refractivity contribution is 0.533.